The van der Waals surface area contributed by atoms with Gasteiger partial charge in [-0.05, 0) is 42.3 Å². The Balaban J connectivity index is 1.65. The number of rotatable bonds is 6. The van der Waals surface area contributed by atoms with Crippen LogP contribution < -0.4 is 15.0 Å². The van der Waals surface area contributed by atoms with E-state index >= 15 is 0 Å². The quantitative estimate of drug-likeness (QED) is 0.485. The Kier molecular flexibility index (Phi) is 5.34. The van der Waals surface area contributed by atoms with Gasteiger partial charge in [-0.1, -0.05) is 29.4 Å². The summed E-state index contributed by atoms with van der Waals surface area (Å²) in [6.07, 6.45) is 1.74. The third kappa shape index (κ3) is 3.82. The van der Waals surface area contributed by atoms with E-state index in [2.05, 4.69) is 10.1 Å². The number of ether oxygens (including phenoxy) is 2. The molecule has 2 heterocycles. The van der Waals surface area contributed by atoms with Gasteiger partial charge in [-0.15, -0.1) is 0 Å². The molecule has 2 aromatic carbocycles. The van der Waals surface area contributed by atoms with Crippen LogP contribution in [0.4, 0.5) is 0 Å². The fraction of sp³-hybridized carbons (Fsp3) is 0.174. The minimum atomic E-state index is -0.0957. The van der Waals surface area contributed by atoms with E-state index in [1.165, 1.54) is 6.07 Å². The largest absolute Gasteiger partial charge is 0.493 e. The maximum Gasteiger partial charge on any atom is 0.259 e. The van der Waals surface area contributed by atoms with E-state index in [0.29, 0.717) is 35.3 Å². The highest BCUT2D eigenvalue weighted by Crippen LogP contribution is 2.31. The first-order valence-electron chi connectivity index (χ1n) is 9.40. The van der Waals surface area contributed by atoms with Gasteiger partial charge in [-0.2, -0.15) is 4.98 Å². The Labute approximate surface area is 173 Å². The predicted molar refractivity (Wildman–Crippen MR) is 113 cm³/mol. The summed E-state index contributed by atoms with van der Waals surface area (Å²) < 4.78 is 17.7. The molecule has 30 heavy (non-hydrogen) atoms. The van der Waals surface area contributed by atoms with Crippen molar-refractivity contribution in [1.29, 1.82) is 0 Å². The highest BCUT2D eigenvalue weighted by Gasteiger charge is 2.14. The smallest absolute Gasteiger partial charge is 0.259 e. The Morgan fingerprint density at radius 3 is 2.50 bits per heavy atom. The molecule has 0 saturated carbocycles. The molecule has 0 fully saturated rings. The van der Waals surface area contributed by atoms with Crippen LogP contribution in [-0.2, 0) is 6.54 Å². The van der Waals surface area contributed by atoms with E-state index < -0.39 is 0 Å². The Morgan fingerprint density at radius 2 is 1.73 bits per heavy atom. The average molecular weight is 403 g/mol. The first-order chi connectivity index (χ1) is 14.6. The summed E-state index contributed by atoms with van der Waals surface area (Å²) in [5.41, 5.74) is 3.51. The summed E-state index contributed by atoms with van der Waals surface area (Å²) >= 11 is 0. The molecule has 4 rings (SSSR count). The van der Waals surface area contributed by atoms with Gasteiger partial charge in [0.05, 0.1) is 26.3 Å². The zero-order valence-corrected chi connectivity index (χ0v) is 17.0. The molecule has 4 aromatic rings. The highest BCUT2D eigenvalue weighted by molar-refractivity contribution is 5.63. The van der Waals surface area contributed by atoms with Crippen molar-refractivity contribution < 1.29 is 14.0 Å². The van der Waals surface area contributed by atoms with Crippen molar-refractivity contribution in [3.05, 3.63) is 82.3 Å². The number of benzene rings is 2. The maximum atomic E-state index is 12.3. The fourth-order valence-electron chi connectivity index (χ4n) is 3.19. The van der Waals surface area contributed by atoms with Crippen LogP contribution in [0.1, 0.15) is 11.1 Å². The van der Waals surface area contributed by atoms with Crippen molar-refractivity contribution in [2.24, 2.45) is 0 Å². The van der Waals surface area contributed by atoms with E-state index in [0.717, 1.165) is 16.7 Å². The first kappa shape index (κ1) is 19.4. The van der Waals surface area contributed by atoms with Gasteiger partial charge >= 0.3 is 0 Å². The van der Waals surface area contributed by atoms with Crippen molar-refractivity contribution in [3.8, 4) is 34.3 Å². The van der Waals surface area contributed by atoms with Gasteiger partial charge in [-0.3, -0.25) is 4.79 Å². The molecule has 152 valence electrons. The second-order valence-corrected chi connectivity index (χ2v) is 6.80. The normalized spacial score (nSPS) is 10.8. The third-order valence-corrected chi connectivity index (χ3v) is 4.90. The molecule has 7 heteroatoms. The summed E-state index contributed by atoms with van der Waals surface area (Å²) in [5.74, 6) is 1.95. The van der Waals surface area contributed by atoms with Crippen LogP contribution in [0.2, 0.25) is 0 Å². The lowest BCUT2D eigenvalue weighted by Crippen LogP contribution is -2.19. The number of methoxy groups -OCH3 is 2. The van der Waals surface area contributed by atoms with E-state index in [1.807, 2.05) is 37.3 Å². The van der Waals surface area contributed by atoms with Crippen molar-refractivity contribution in [3.63, 3.8) is 0 Å². The summed E-state index contributed by atoms with van der Waals surface area (Å²) in [5, 5.41) is 4.07. The van der Waals surface area contributed by atoms with Crippen LogP contribution in [-0.4, -0.2) is 28.9 Å². The molecule has 0 saturated heterocycles. The topological polar surface area (TPSA) is 79.4 Å². The number of hydrogen-bond donors (Lipinski definition) is 0. The molecule has 0 N–H and O–H groups in total. The SMILES string of the molecule is COc1ccc(-c2noc(-c3ccc(=O)n(Cc4ccccc4C)c3)n2)cc1OC. The van der Waals surface area contributed by atoms with Gasteiger partial charge in [-0.25, -0.2) is 0 Å². The molecule has 0 amide bonds. The summed E-state index contributed by atoms with van der Waals surface area (Å²) in [7, 11) is 3.15. The highest BCUT2D eigenvalue weighted by atomic mass is 16.5. The molecule has 0 aliphatic carbocycles. The van der Waals surface area contributed by atoms with Crippen molar-refractivity contribution in [2.75, 3.05) is 14.2 Å². The summed E-state index contributed by atoms with van der Waals surface area (Å²) in [4.78, 5) is 16.8. The van der Waals surface area contributed by atoms with Crippen molar-refractivity contribution in [2.45, 2.75) is 13.5 Å². The molecule has 0 aliphatic rings. The molecular formula is C23H21N3O4. The van der Waals surface area contributed by atoms with Crippen LogP contribution >= 0.6 is 0 Å². The van der Waals surface area contributed by atoms with Crippen LogP contribution in [0, 0.1) is 6.92 Å². The monoisotopic (exact) mass is 403 g/mol. The Hall–Kier alpha value is -3.87. The van der Waals surface area contributed by atoms with Gasteiger partial charge in [0.25, 0.3) is 11.4 Å². The third-order valence-electron chi connectivity index (χ3n) is 4.90. The second-order valence-electron chi connectivity index (χ2n) is 6.80. The van der Waals surface area contributed by atoms with Gasteiger partial charge in [0, 0.05) is 17.8 Å². The lowest BCUT2D eigenvalue weighted by atomic mass is 10.1. The average Bonchev–Trinajstić information content (AvgIpc) is 3.26. The van der Waals surface area contributed by atoms with Crippen molar-refractivity contribution >= 4 is 0 Å². The number of aromatic nitrogens is 3. The maximum absolute atomic E-state index is 12.3. The standard InChI is InChI=1S/C23H21N3O4/c1-15-6-4-5-7-17(15)13-26-14-18(9-11-21(26)27)23-24-22(25-30-23)16-8-10-19(28-2)20(12-16)29-3/h4-12,14H,13H2,1-3H3. The molecular weight excluding hydrogens is 382 g/mol. The van der Waals surface area contributed by atoms with Crippen LogP contribution in [0.15, 0.2) is 70.1 Å². The molecule has 0 aliphatic heterocycles. The Morgan fingerprint density at radius 1 is 0.967 bits per heavy atom. The van der Waals surface area contributed by atoms with E-state index in [-0.39, 0.29) is 5.56 Å². The molecule has 0 spiro atoms. The summed E-state index contributed by atoms with van der Waals surface area (Å²) in [6.45, 7) is 2.49. The van der Waals surface area contributed by atoms with E-state index in [9.17, 15) is 4.79 Å². The van der Waals surface area contributed by atoms with Crippen LogP contribution in [0.3, 0.4) is 0 Å². The Bertz CT molecular complexity index is 1240. The molecule has 0 bridgehead atoms. The van der Waals surface area contributed by atoms with Crippen LogP contribution in [0.5, 0.6) is 11.5 Å². The van der Waals surface area contributed by atoms with Crippen molar-refractivity contribution in [1.82, 2.24) is 14.7 Å². The van der Waals surface area contributed by atoms with E-state index in [4.69, 9.17) is 14.0 Å². The predicted octanol–water partition coefficient (Wildman–Crippen LogP) is 3.94. The zero-order chi connectivity index (χ0) is 21.1. The van der Waals surface area contributed by atoms with Crippen LogP contribution in [0.25, 0.3) is 22.8 Å². The lowest BCUT2D eigenvalue weighted by molar-refractivity contribution is 0.355. The molecule has 7 nitrogen and oxygen atoms in total. The molecule has 0 radical (unpaired) electrons. The van der Waals surface area contributed by atoms with Gasteiger partial charge in [0.2, 0.25) is 5.82 Å². The number of nitrogens with zero attached hydrogens (tertiary/aromatic N) is 3. The number of aryl methyl sites for hydroxylation is 1. The first-order valence-corrected chi connectivity index (χ1v) is 9.40. The molecule has 2 aromatic heterocycles. The number of pyridine rings is 1. The van der Waals surface area contributed by atoms with E-state index in [1.54, 1.807) is 43.2 Å². The summed E-state index contributed by atoms with van der Waals surface area (Å²) in [6, 6.07) is 16.6. The lowest BCUT2D eigenvalue weighted by Gasteiger charge is -2.09. The fourth-order valence-corrected chi connectivity index (χ4v) is 3.19. The van der Waals surface area contributed by atoms with Gasteiger partial charge < -0.3 is 18.6 Å². The number of hydrogen-bond acceptors (Lipinski definition) is 6. The molecule has 0 atom stereocenters. The molecule has 0 unspecified atom stereocenters. The van der Waals surface area contributed by atoms with Gasteiger partial charge in [0.15, 0.2) is 11.5 Å². The van der Waals surface area contributed by atoms with Gasteiger partial charge in [0.1, 0.15) is 0 Å². The minimum absolute atomic E-state index is 0.0957. The zero-order valence-electron chi connectivity index (χ0n) is 17.0. The minimum Gasteiger partial charge on any atom is -0.493 e. The second kappa shape index (κ2) is 8.24.